The zero-order valence-corrected chi connectivity index (χ0v) is 25.3. The number of carbonyl (C=O) groups is 1. The van der Waals surface area contributed by atoms with Crippen LogP contribution in [0.5, 0.6) is 5.75 Å². The van der Waals surface area contributed by atoms with Crippen LogP contribution < -0.4 is 9.46 Å². The van der Waals surface area contributed by atoms with Gasteiger partial charge >= 0.3 is 0 Å². The van der Waals surface area contributed by atoms with Gasteiger partial charge in [-0.3, -0.25) is 9.52 Å². The number of nitrogens with zero attached hydrogens (tertiary/aromatic N) is 1. The number of benzene rings is 3. The minimum atomic E-state index is -4.04. The molecule has 4 rings (SSSR count). The van der Waals surface area contributed by atoms with Crippen molar-refractivity contribution in [3.8, 4) is 5.75 Å². The van der Waals surface area contributed by atoms with Gasteiger partial charge in [-0.25, -0.2) is 12.8 Å². The molecule has 0 saturated heterocycles. The molecule has 6 nitrogen and oxygen atoms in total. The molecule has 0 spiro atoms. The molecule has 8 heteroatoms. The number of sulfonamides is 1. The molecule has 3 aromatic rings. The number of fused-ring (bicyclic) bond motifs is 1. The highest BCUT2D eigenvalue weighted by molar-refractivity contribution is 7.92. The average molecular weight is 581 g/mol. The van der Waals surface area contributed by atoms with E-state index in [1.54, 1.807) is 23.1 Å². The van der Waals surface area contributed by atoms with E-state index in [0.717, 1.165) is 36.0 Å². The van der Waals surface area contributed by atoms with Crippen LogP contribution in [0.25, 0.3) is 0 Å². The van der Waals surface area contributed by atoms with Gasteiger partial charge in [-0.15, -0.1) is 0 Å². The Balaban J connectivity index is 1.35. The van der Waals surface area contributed by atoms with Gasteiger partial charge in [0.1, 0.15) is 5.75 Å². The van der Waals surface area contributed by atoms with E-state index in [4.69, 9.17) is 4.74 Å². The van der Waals surface area contributed by atoms with Crippen molar-refractivity contribution in [2.45, 2.75) is 89.6 Å². The Labute approximate surface area is 244 Å². The molecule has 0 unspecified atom stereocenters. The second-order valence-corrected chi connectivity index (χ2v) is 13.5. The summed E-state index contributed by atoms with van der Waals surface area (Å²) in [5.41, 5.74) is 3.73. The first-order valence-corrected chi connectivity index (χ1v) is 15.9. The molecule has 0 radical (unpaired) electrons. The zero-order chi connectivity index (χ0) is 29.6. The molecule has 0 aliphatic carbocycles. The van der Waals surface area contributed by atoms with Gasteiger partial charge in [-0.1, -0.05) is 83.7 Å². The summed E-state index contributed by atoms with van der Waals surface area (Å²) in [6, 6.07) is 17.0. The summed E-state index contributed by atoms with van der Waals surface area (Å²) in [5, 5.41) is 0. The molecule has 1 aliphatic rings. The van der Waals surface area contributed by atoms with Crippen molar-refractivity contribution >= 4 is 21.6 Å². The van der Waals surface area contributed by atoms with Crippen LogP contribution in [0.1, 0.15) is 82.1 Å². The normalized spacial score (nSPS) is 13.2. The van der Waals surface area contributed by atoms with E-state index in [1.165, 1.54) is 36.6 Å². The second-order valence-electron chi connectivity index (χ2n) is 11.8. The first kappa shape index (κ1) is 30.6. The van der Waals surface area contributed by atoms with E-state index in [-0.39, 0.29) is 28.3 Å². The molecule has 3 aromatic carbocycles. The van der Waals surface area contributed by atoms with Crippen LogP contribution in [0.4, 0.5) is 10.1 Å². The molecule has 1 N–H and O–H groups in total. The number of halogens is 1. The smallest absolute Gasteiger partial charge is 0.261 e. The maximum absolute atomic E-state index is 14.7. The van der Waals surface area contributed by atoms with Gasteiger partial charge in [0.15, 0.2) is 5.82 Å². The van der Waals surface area contributed by atoms with Gasteiger partial charge in [0.2, 0.25) is 5.91 Å². The molecule has 0 saturated carbocycles. The van der Waals surface area contributed by atoms with Gasteiger partial charge in [0.05, 0.1) is 23.6 Å². The predicted molar refractivity (Wildman–Crippen MR) is 161 cm³/mol. The number of amides is 1. The number of carbonyl (C=O) groups excluding carboxylic acids is 1. The molecule has 1 aliphatic heterocycles. The maximum Gasteiger partial charge on any atom is 0.261 e. The number of nitrogens with one attached hydrogen (secondary N) is 1. The van der Waals surface area contributed by atoms with Gasteiger partial charge in [0.25, 0.3) is 10.0 Å². The average Bonchev–Trinajstić information content (AvgIpc) is 3.36. The van der Waals surface area contributed by atoms with Crippen molar-refractivity contribution in [2.75, 3.05) is 11.3 Å². The lowest BCUT2D eigenvalue weighted by Gasteiger charge is -2.19. The number of anilines is 1. The van der Waals surface area contributed by atoms with Crippen molar-refractivity contribution in [1.29, 1.82) is 0 Å². The maximum atomic E-state index is 14.7. The zero-order valence-electron chi connectivity index (χ0n) is 24.5. The Bertz CT molecular complexity index is 1460. The number of hydrogen-bond acceptors (Lipinski definition) is 4. The van der Waals surface area contributed by atoms with Crippen molar-refractivity contribution in [2.24, 2.45) is 0 Å². The molecular formula is C33H41FN2O4S. The van der Waals surface area contributed by atoms with Gasteiger partial charge in [-0.05, 0) is 58.4 Å². The Morgan fingerprint density at radius 2 is 1.63 bits per heavy atom. The Kier molecular flexibility index (Phi) is 9.74. The van der Waals surface area contributed by atoms with Gasteiger partial charge in [-0.2, -0.15) is 0 Å². The molecular weight excluding hydrogens is 539 g/mol. The van der Waals surface area contributed by atoms with Crippen LogP contribution in [0.3, 0.4) is 0 Å². The third kappa shape index (κ3) is 8.09. The van der Waals surface area contributed by atoms with Crippen LogP contribution in [0.2, 0.25) is 0 Å². The molecule has 220 valence electrons. The first-order valence-electron chi connectivity index (χ1n) is 14.4. The van der Waals surface area contributed by atoms with E-state index >= 15 is 0 Å². The quantitative estimate of drug-likeness (QED) is 0.227. The van der Waals surface area contributed by atoms with Gasteiger partial charge < -0.3 is 9.64 Å². The fourth-order valence-electron chi connectivity index (χ4n) is 4.89. The van der Waals surface area contributed by atoms with Gasteiger partial charge in [0, 0.05) is 19.2 Å². The largest absolute Gasteiger partial charge is 0.493 e. The monoisotopic (exact) mass is 580 g/mol. The van der Waals surface area contributed by atoms with Crippen molar-refractivity contribution in [3.05, 3.63) is 88.7 Å². The van der Waals surface area contributed by atoms with Crippen LogP contribution in [-0.4, -0.2) is 25.8 Å². The Morgan fingerprint density at radius 1 is 0.927 bits per heavy atom. The fraction of sp³-hybridized carbons (Fsp3) is 0.424. The van der Waals surface area contributed by atoms with Crippen LogP contribution >= 0.6 is 0 Å². The third-order valence-electron chi connectivity index (χ3n) is 7.44. The lowest BCUT2D eigenvalue weighted by molar-refractivity contribution is -0.131. The van der Waals surface area contributed by atoms with Crippen molar-refractivity contribution < 1.29 is 22.3 Å². The van der Waals surface area contributed by atoms with E-state index in [0.29, 0.717) is 25.4 Å². The molecule has 1 heterocycles. The summed E-state index contributed by atoms with van der Waals surface area (Å²) >= 11 is 0. The van der Waals surface area contributed by atoms with Crippen LogP contribution in [0, 0.1) is 5.82 Å². The van der Waals surface area contributed by atoms with E-state index in [1.807, 2.05) is 12.1 Å². The lowest BCUT2D eigenvalue weighted by atomic mass is 9.86. The minimum absolute atomic E-state index is 0.0161. The first-order chi connectivity index (χ1) is 19.5. The highest BCUT2D eigenvalue weighted by Crippen LogP contribution is 2.29. The lowest BCUT2D eigenvalue weighted by Crippen LogP contribution is -2.26. The molecule has 0 bridgehead atoms. The molecule has 1 amide bonds. The highest BCUT2D eigenvalue weighted by Gasteiger charge is 2.26. The van der Waals surface area contributed by atoms with Crippen molar-refractivity contribution in [3.63, 3.8) is 0 Å². The molecule has 0 atom stereocenters. The Morgan fingerprint density at radius 3 is 2.32 bits per heavy atom. The topological polar surface area (TPSA) is 75.7 Å². The molecule has 0 aromatic heterocycles. The third-order valence-corrected chi connectivity index (χ3v) is 8.80. The number of rotatable bonds is 12. The van der Waals surface area contributed by atoms with Crippen LogP contribution in [-0.2, 0) is 39.7 Å². The fourth-order valence-corrected chi connectivity index (χ4v) is 6.01. The summed E-state index contributed by atoms with van der Waals surface area (Å²) in [4.78, 5) is 14.8. The standard InChI is InChI=1S/C33H41FN2O4S/c1-5-6-7-8-9-18-40-28-15-17-31(30(34)21-28)35-41(38,39)29-16-12-25-22-36(23-26(25)20-29)32(37)19-24-10-13-27(14-11-24)33(2,3)4/h10-17,20-21,35H,5-9,18-19,22-23H2,1-4H3. The molecule has 0 fully saturated rings. The summed E-state index contributed by atoms with van der Waals surface area (Å²) in [7, 11) is -4.04. The highest BCUT2D eigenvalue weighted by atomic mass is 32.2. The van der Waals surface area contributed by atoms with Crippen LogP contribution in [0.15, 0.2) is 65.6 Å². The summed E-state index contributed by atoms with van der Waals surface area (Å²) in [6.45, 7) is 9.86. The summed E-state index contributed by atoms with van der Waals surface area (Å²) < 4.78 is 48.9. The number of hydrogen-bond donors (Lipinski definition) is 1. The van der Waals surface area contributed by atoms with Crippen molar-refractivity contribution in [1.82, 2.24) is 4.90 Å². The van der Waals surface area contributed by atoms with E-state index < -0.39 is 15.8 Å². The number of ether oxygens (including phenoxy) is 1. The van der Waals surface area contributed by atoms with E-state index in [2.05, 4.69) is 44.5 Å². The Hall–Kier alpha value is -3.39. The minimum Gasteiger partial charge on any atom is -0.493 e. The SMILES string of the molecule is CCCCCCCOc1ccc(NS(=O)(=O)c2ccc3c(c2)CN(C(=O)Cc2ccc(C(C)(C)C)cc2)C3)c(F)c1. The summed E-state index contributed by atoms with van der Waals surface area (Å²) in [6.07, 6.45) is 5.74. The number of unbranched alkanes of at least 4 members (excludes halogenated alkanes) is 4. The molecule has 41 heavy (non-hydrogen) atoms. The second kappa shape index (κ2) is 13.1. The predicted octanol–water partition coefficient (Wildman–Crippen LogP) is 7.36. The summed E-state index contributed by atoms with van der Waals surface area (Å²) in [5.74, 6) is -0.350. The van der Waals surface area contributed by atoms with E-state index in [9.17, 15) is 17.6 Å².